The largest absolute Gasteiger partial charge is 0.493 e. The Morgan fingerprint density at radius 3 is 2.38 bits per heavy atom. The Balaban J connectivity index is 1.93. The van der Waals surface area contributed by atoms with Crippen molar-refractivity contribution >= 4 is 11.6 Å². The van der Waals surface area contributed by atoms with Crippen LogP contribution in [0.2, 0.25) is 0 Å². The average Bonchev–Trinajstić information content (AvgIpc) is 3.35. The first kappa shape index (κ1) is 24.5. The van der Waals surface area contributed by atoms with Crippen molar-refractivity contribution in [3.8, 4) is 28.6 Å². The molecule has 0 aliphatic heterocycles. The second-order valence-corrected chi connectivity index (χ2v) is 7.51. The van der Waals surface area contributed by atoms with E-state index in [2.05, 4.69) is 15.5 Å². The molecule has 11 nitrogen and oxygen atoms in total. The van der Waals surface area contributed by atoms with Crippen LogP contribution in [0.5, 0.6) is 17.2 Å². The van der Waals surface area contributed by atoms with Crippen molar-refractivity contribution in [2.45, 2.75) is 26.3 Å². The van der Waals surface area contributed by atoms with Crippen LogP contribution in [0.1, 0.15) is 42.6 Å². The zero-order valence-electron chi connectivity index (χ0n) is 19.5. The molecule has 1 N–H and O–H groups in total. The first-order chi connectivity index (χ1) is 16.3. The van der Waals surface area contributed by atoms with Crippen molar-refractivity contribution in [2.75, 3.05) is 21.3 Å². The molecule has 2 unspecified atom stereocenters. The molecule has 11 heteroatoms. The number of non-ortho nitro benzene ring substituents is 1. The van der Waals surface area contributed by atoms with Gasteiger partial charge in [-0.3, -0.25) is 14.9 Å². The number of amides is 1. The van der Waals surface area contributed by atoms with Gasteiger partial charge in [-0.05, 0) is 24.1 Å². The van der Waals surface area contributed by atoms with E-state index in [1.807, 2.05) is 13.8 Å². The molecular weight excluding hydrogens is 444 g/mol. The lowest BCUT2D eigenvalue weighted by molar-refractivity contribution is -0.384. The number of benzene rings is 2. The number of rotatable bonds is 10. The second kappa shape index (κ2) is 10.6. The van der Waals surface area contributed by atoms with Gasteiger partial charge in [-0.2, -0.15) is 4.98 Å². The second-order valence-electron chi connectivity index (χ2n) is 7.51. The van der Waals surface area contributed by atoms with Crippen LogP contribution in [0, 0.1) is 16.0 Å². The maximum atomic E-state index is 12.9. The van der Waals surface area contributed by atoms with Gasteiger partial charge in [0.15, 0.2) is 11.5 Å². The monoisotopic (exact) mass is 470 g/mol. The Labute approximate surface area is 196 Å². The van der Waals surface area contributed by atoms with Gasteiger partial charge < -0.3 is 24.1 Å². The molecule has 3 rings (SSSR count). The minimum atomic E-state index is -0.611. The molecule has 1 aromatic heterocycles. The fourth-order valence-electron chi connectivity index (χ4n) is 3.36. The molecule has 0 aliphatic rings. The fourth-order valence-corrected chi connectivity index (χ4v) is 3.36. The molecule has 0 spiro atoms. The first-order valence-corrected chi connectivity index (χ1v) is 10.5. The van der Waals surface area contributed by atoms with E-state index in [1.54, 1.807) is 12.1 Å². The fraction of sp³-hybridized carbons (Fsp3) is 0.348. The van der Waals surface area contributed by atoms with E-state index in [1.165, 1.54) is 45.6 Å². The summed E-state index contributed by atoms with van der Waals surface area (Å²) in [6.07, 6.45) is 0.710. The summed E-state index contributed by atoms with van der Waals surface area (Å²) in [5, 5.41) is 18.0. The maximum absolute atomic E-state index is 12.9. The van der Waals surface area contributed by atoms with Crippen LogP contribution in [0.3, 0.4) is 0 Å². The lowest BCUT2D eigenvalue weighted by atomic mass is 9.98. The van der Waals surface area contributed by atoms with Crippen molar-refractivity contribution in [2.24, 2.45) is 5.92 Å². The van der Waals surface area contributed by atoms with E-state index >= 15 is 0 Å². The summed E-state index contributed by atoms with van der Waals surface area (Å²) in [5.41, 5.74) is 0.555. The summed E-state index contributed by atoms with van der Waals surface area (Å²) in [6.45, 7) is 3.90. The maximum Gasteiger partial charge on any atom is 0.270 e. The van der Waals surface area contributed by atoms with Gasteiger partial charge in [0, 0.05) is 23.3 Å². The van der Waals surface area contributed by atoms with E-state index in [4.69, 9.17) is 18.7 Å². The Kier molecular flexibility index (Phi) is 7.67. The van der Waals surface area contributed by atoms with Crippen LogP contribution in [0.15, 0.2) is 40.9 Å². The smallest absolute Gasteiger partial charge is 0.270 e. The molecule has 2 atom stereocenters. The zero-order valence-corrected chi connectivity index (χ0v) is 19.5. The quantitative estimate of drug-likeness (QED) is 0.341. The molecule has 0 saturated heterocycles. The van der Waals surface area contributed by atoms with Crippen molar-refractivity contribution < 1.29 is 28.5 Å². The molecule has 180 valence electrons. The van der Waals surface area contributed by atoms with Gasteiger partial charge in [0.2, 0.25) is 17.5 Å². The minimum Gasteiger partial charge on any atom is -0.493 e. The predicted molar refractivity (Wildman–Crippen MR) is 122 cm³/mol. The first-order valence-electron chi connectivity index (χ1n) is 10.5. The van der Waals surface area contributed by atoms with Crippen LogP contribution in [0.4, 0.5) is 5.69 Å². The summed E-state index contributed by atoms with van der Waals surface area (Å²) < 4.78 is 21.6. The van der Waals surface area contributed by atoms with Gasteiger partial charge >= 0.3 is 0 Å². The normalized spacial score (nSPS) is 12.5. The Morgan fingerprint density at radius 2 is 1.82 bits per heavy atom. The molecule has 0 saturated carbocycles. The van der Waals surface area contributed by atoms with Crippen LogP contribution >= 0.6 is 0 Å². The van der Waals surface area contributed by atoms with Gasteiger partial charge in [-0.1, -0.05) is 31.5 Å². The van der Waals surface area contributed by atoms with E-state index in [0.717, 1.165) is 0 Å². The van der Waals surface area contributed by atoms with E-state index in [0.29, 0.717) is 29.2 Å². The Hall–Kier alpha value is -4.15. The van der Waals surface area contributed by atoms with E-state index < -0.39 is 16.9 Å². The number of carbonyl (C=O) groups excluding carboxylic acids is 1. The predicted octanol–water partition coefficient (Wildman–Crippen LogP) is 4.19. The molecule has 2 aromatic carbocycles. The van der Waals surface area contributed by atoms with Gasteiger partial charge in [-0.15, -0.1) is 0 Å². The van der Waals surface area contributed by atoms with Crippen LogP contribution < -0.4 is 19.5 Å². The zero-order chi connectivity index (χ0) is 24.8. The molecule has 0 fully saturated rings. The number of ether oxygens (including phenoxy) is 3. The number of aromatic nitrogens is 2. The summed E-state index contributed by atoms with van der Waals surface area (Å²) in [4.78, 5) is 27.9. The Bertz CT molecular complexity index is 1150. The van der Waals surface area contributed by atoms with E-state index in [-0.39, 0.29) is 28.9 Å². The van der Waals surface area contributed by atoms with Crippen molar-refractivity contribution in [3.05, 3.63) is 58.0 Å². The standard InChI is InChI=1S/C23H26N4O7/c1-6-13(2)19(24-22(28)14-8-7-9-16(10-14)27(29)30)23-25-21(26-34-23)15-11-17(31-3)20(33-5)18(12-15)32-4/h7-13,19H,6H2,1-5H3,(H,24,28). The topological polar surface area (TPSA) is 139 Å². The van der Waals surface area contributed by atoms with Crippen molar-refractivity contribution in [1.82, 2.24) is 15.5 Å². The number of hydrogen-bond acceptors (Lipinski definition) is 9. The molecule has 3 aromatic rings. The van der Waals surface area contributed by atoms with Gasteiger partial charge in [0.05, 0.1) is 26.3 Å². The third-order valence-electron chi connectivity index (χ3n) is 5.45. The number of nitrogens with zero attached hydrogens (tertiary/aromatic N) is 3. The van der Waals surface area contributed by atoms with Crippen LogP contribution in [-0.2, 0) is 0 Å². The van der Waals surface area contributed by atoms with Crippen molar-refractivity contribution in [1.29, 1.82) is 0 Å². The lowest BCUT2D eigenvalue weighted by Crippen LogP contribution is -2.32. The van der Waals surface area contributed by atoms with E-state index in [9.17, 15) is 14.9 Å². The number of nitrogens with one attached hydrogen (secondary N) is 1. The van der Waals surface area contributed by atoms with Gasteiger partial charge in [-0.25, -0.2) is 0 Å². The Morgan fingerprint density at radius 1 is 1.15 bits per heavy atom. The molecular formula is C23H26N4O7. The van der Waals surface area contributed by atoms with Gasteiger partial charge in [0.25, 0.3) is 11.6 Å². The SMILES string of the molecule is CCC(C)C(NC(=O)c1cccc([N+](=O)[O-])c1)c1nc(-c2cc(OC)c(OC)c(OC)c2)no1. The van der Waals surface area contributed by atoms with Crippen LogP contribution in [-0.4, -0.2) is 42.3 Å². The third kappa shape index (κ3) is 5.08. The number of methoxy groups -OCH3 is 3. The highest BCUT2D eigenvalue weighted by atomic mass is 16.6. The number of nitro groups is 1. The molecule has 0 radical (unpaired) electrons. The summed E-state index contributed by atoms with van der Waals surface area (Å²) in [7, 11) is 4.52. The average molecular weight is 470 g/mol. The highest BCUT2D eigenvalue weighted by molar-refractivity contribution is 5.95. The highest BCUT2D eigenvalue weighted by Crippen LogP contribution is 2.40. The summed E-state index contributed by atoms with van der Waals surface area (Å²) >= 11 is 0. The summed E-state index contributed by atoms with van der Waals surface area (Å²) in [5.74, 6) is 1.22. The number of carbonyl (C=O) groups is 1. The van der Waals surface area contributed by atoms with Crippen molar-refractivity contribution in [3.63, 3.8) is 0 Å². The lowest BCUT2D eigenvalue weighted by Gasteiger charge is -2.20. The molecule has 0 aliphatic carbocycles. The molecule has 1 amide bonds. The summed E-state index contributed by atoms with van der Waals surface area (Å²) in [6, 6.07) is 8.28. The number of nitro benzene ring substituents is 1. The molecule has 1 heterocycles. The van der Waals surface area contributed by atoms with Gasteiger partial charge in [0.1, 0.15) is 6.04 Å². The highest BCUT2D eigenvalue weighted by Gasteiger charge is 2.28. The molecule has 34 heavy (non-hydrogen) atoms. The number of hydrogen-bond donors (Lipinski definition) is 1. The third-order valence-corrected chi connectivity index (χ3v) is 5.45. The van der Waals surface area contributed by atoms with Crippen LogP contribution in [0.25, 0.3) is 11.4 Å². The molecule has 0 bridgehead atoms. The minimum absolute atomic E-state index is 0.0594.